The minimum absolute atomic E-state index is 0. The van der Waals surface area contributed by atoms with E-state index in [0.29, 0.717) is 40.7 Å². The van der Waals surface area contributed by atoms with Crippen molar-refractivity contribution in [2.45, 2.75) is 24.7 Å². The number of benzene rings is 2. The van der Waals surface area contributed by atoms with Gasteiger partial charge >= 0.3 is 11.9 Å². The number of carbonyl (C=O) groups is 2. The minimum atomic E-state index is -4.00. The topological polar surface area (TPSA) is 217 Å². The Morgan fingerprint density at radius 2 is 1.62 bits per heavy atom. The first kappa shape index (κ1) is 36.7. The van der Waals surface area contributed by atoms with Gasteiger partial charge in [0.1, 0.15) is 0 Å². The van der Waals surface area contributed by atoms with Crippen LogP contribution in [0, 0.1) is 0 Å². The van der Waals surface area contributed by atoms with Gasteiger partial charge in [0.2, 0.25) is 0 Å². The third-order valence-electron chi connectivity index (χ3n) is 5.31. The summed E-state index contributed by atoms with van der Waals surface area (Å²) >= 11 is 6.42. The molecule has 2 aromatic carbocycles. The molecular formula is C26H35ClN2O10S. The zero-order valence-electron chi connectivity index (χ0n) is 22.3. The van der Waals surface area contributed by atoms with Crippen molar-refractivity contribution < 1.29 is 47.7 Å². The molecule has 0 saturated carbocycles. The molecule has 222 valence electrons. The molecule has 1 unspecified atom stereocenters. The molecule has 0 amide bonds. The molecule has 0 spiro atoms. The molecule has 2 aromatic rings. The molecule has 1 heterocycles. The van der Waals surface area contributed by atoms with Gasteiger partial charge in [-0.2, -0.15) is 8.42 Å². The van der Waals surface area contributed by atoms with Gasteiger partial charge in [0.25, 0.3) is 10.1 Å². The molecule has 0 bridgehead atoms. The second-order valence-electron chi connectivity index (χ2n) is 7.85. The maximum Gasteiger partial charge on any atom is 0.336 e. The summed E-state index contributed by atoms with van der Waals surface area (Å²) in [5, 5.41) is 3.52. The van der Waals surface area contributed by atoms with E-state index < -0.39 is 28.0 Å². The number of nitrogens with one attached hydrogen (secondary N) is 1. The summed E-state index contributed by atoms with van der Waals surface area (Å²) in [7, 11) is -2.71. The zero-order valence-corrected chi connectivity index (χ0v) is 23.8. The molecule has 0 aliphatic carbocycles. The first-order valence-corrected chi connectivity index (χ1v) is 13.4. The van der Waals surface area contributed by atoms with E-state index >= 15 is 0 Å². The summed E-state index contributed by atoms with van der Waals surface area (Å²) in [5.74, 6) is -1.86. The lowest BCUT2D eigenvalue weighted by Crippen LogP contribution is -2.35. The molecular weight excluding hydrogens is 568 g/mol. The van der Waals surface area contributed by atoms with E-state index in [9.17, 15) is 18.0 Å². The molecule has 0 fully saturated rings. The van der Waals surface area contributed by atoms with Gasteiger partial charge in [-0.3, -0.25) is 4.55 Å². The van der Waals surface area contributed by atoms with Crippen molar-refractivity contribution >= 4 is 33.7 Å². The molecule has 40 heavy (non-hydrogen) atoms. The van der Waals surface area contributed by atoms with Crippen molar-refractivity contribution in [3.05, 3.63) is 87.7 Å². The predicted molar refractivity (Wildman–Crippen MR) is 149 cm³/mol. The number of methoxy groups -OCH3 is 1. The number of allylic oxidation sites excluding steroid dienone is 1. The number of carbonyl (C=O) groups excluding carboxylic acids is 2. The molecule has 0 radical (unpaired) electrons. The molecule has 1 atom stereocenters. The summed E-state index contributed by atoms with van der Waals surface area (Å²) in [4.78, 5) is 25.4. The SMILES string of the molecule is CCOC(=O)C1=C(COCCN)NC(C)=C(C(=O)OC)C1c1ccccc1Cl.O.O.O=S(=O)(O)c1ccccc1. The van der Waals surface area contributed by atoms with Crippen LogP contribution < -0.4 is 11.1 Å². The van der Waals surface area contributed by atoms with Crippen LogP contribution in [0.3, 0.4) is 0 Å². The van der Waals surface area contributed by atoms with Gasteiger partial charge in [-0.15, -0.1) is 0 Å². The normalized spacial score (nSPS) is 14.5. The molecule has 3 rings (SSSR count). The van der Waals surface area contributed by atoms with Crippen molar-refractivity contribution in [1.29, 1.82) is 0 Å². The summed E-state index contributed by atoms with van der Waals surface area (Å²) < 4.78 is 45.0. The number of hydrogen-bond acceptors (Lipinski definition) is 9. The van der Waals surface area contributed by atoms with E-state index in [4.69, 9.17) is 36.1 Å². The van der Waals surface area contributed by atoms with Gasteiger partial charge < -0.3 is 36.2 Å². The van der Waals surface area contributed by atoms with Gasteiger partial charge in [0.05, 0.1) is 54.6 Å². The van der Waals surface area contributed by atoms with E-state index in [0.717, 1.165) is 0 Å². The van der Waals surface area contributed by atoms with E-state index in [-0.39, 0.29) is 34.6 Å². The third-order valence-corrected chi connectivity index (χ3v) is 6.52. The lowest BCUT2D eigenvalue weighted by molar-refractivity contribution is -0.139. The van der Waals surface area contributed by atoms with Crippen LogP contribution in [-0.2, 0) is 33.9 Å². The largest absolute Gasteiger partial charge is 0.466 e. The molecule has 12 nitrogen and oxygen atoms in total. The Labute approximate surface area is 238 Å². The predicted octanol–water partition coefficient (Wildman–Crippen LogP) is 1.55. The van der Waals surface area contributed by atoms with Crippen LogP contribution in [0.15, 0.2) is 82.0 Å². The highest BCUT2D eigenvalue weighted by Crippen LogP contribution is 2.41. The second kappa shape index (κ2) is 17.4. The van der Waals surface area contributed by atoms with Crippen LogP contribution in [0.25, 0.3) is 0 Å². The lowest BCUT2D eigenvalue weighted by atomic mass is 9.80. The second-order valence-corrected chi connectivity index (χ2v) is 9.68. The van der Waals surface area contributed by atoms with Gasteiger partial charge in [-0.25, -0.2) is 9.59 Å². The Kier molecular flexibility index (Phi) is 16.0. The van der Waals surface area contributed by atoms with Crippen molar-refractivity contribution in [3.8, 4) is 0 Å². The number of hydrogen-bond donors (Lipinski definition) is 3. The maximum atomic E-state index is 12.9. The third kappa shape index (κ3) is 9.71. The Bertz CT molecular complexity index is 1300. The van der Waals surface area contributed by atoms with E-state index in [1.165, 1.54) is 19.2 Å². The van der Waals surface area contributed by atoms with E-state index in [1.807, 2.05) is 0 Å². The van der Waals surface area contributed by atoms with Crippen LogP contribution in [0.2, 0.25) is 5.02 Å². The van der Waals surface area contributed by atoms with Crippen molar-refractivity contribution in [1.82, 2.24) is 5.32 Å². The fourth-order valence-corrected chi connectivity index (χ4v) is 4.46. The van der Waals surface area contributed by atoms with Crippen LogP contribution >= 0.6 is 11.6 Å². The number of dihydropyridines is 1. The van der Waals surface area contributed by atoms with Gasteiger partial charge in [0, 0.05) is 17.3 Å². The summed E-state index contributed by atoms with van der Waals surface area (Å²) in [5.41, 5.74) is 7.70. The Balaban J connectivity index is 0.00000107. The van der Waals surface area contributed by atoms with E-state index in [1.54, 1.807) is 56.3 Å². The Morgan fingerprint density at radius 1 is 1.02 bits per heavy atom. The number of halogens is 1. The van der Waals surface area contributed by atoms with Crippen molar-refractivity contribution in [3.63, 3.8) is 0 Å². The van der Waals surface area contributed by atoms with Gasteiger partial charge in [-0.1, -0.05) is 48.0 Å². The molecule has 0 saturated heterocycles. The zero-order chi connectivity index (χ0) is 28.3. The first-order valence-electron chi connectivity index (χ1n) is 11.6. The average molecular weight is 603 g/mol. The lowest BCUT2D eigenvalue weighted by Gasteiger charge is -2.31. The first-order chi connectivity index (χ1) is 18.1. The monoisotopic (exact) mass is 602 g/mol. The summed E-state index contributed by atoms with van der Waals surface area (Å²) in [6.07, 6.45) is 0. The van der Waals surface area contributed by atoms with Crippen molar-refractivity contribution in [2.75, 3.05) is 33.5 Å². The highest BCUT2D eigenvalue weighted by Gasteiger charge is 2.39. The van der Waals surface area contributed by atoms with Crippen molar-refractivity contribution in [2.24, 2.45) is 5.73 Å². The Morgan fingerprint density at radius 3 is 2.12 bits per heavy atom. The number of nitrogens with two attached hydrogens (primary N) is 1. The number of esters is 2. The highest BCUT2D eigenvalue weighted by atomic mass is 35.5. The summed E-state index contributed by atoms with van der Waals surface area (Å²) in [6.45, 7) is 4.42. The van der Waals surface area contributed by atoms with Crippen LogP contribution in [0.4, 0.5) is 0 Å². The minimum Gasteiger partial charge on any atom is -0.466 e. The standard InChI is InChI=1S/C20H25ClN2O5.C6H6O3S.2H2O/c1-4-28-20(25)18-15(11-27-10-9-22)23-12(2)16(19(24)26-3)17(18)13-7-5-6-8-14(13)21;7-10(8,9)6-4-2-1-3-5-6;;/h5-8,17,23H,4,9-11,22H2,1-3H3;1-5H,(H,7,8,9);2*1H2. The highest BCUT2D eigenvalue weighted by molar-refractivity contribution is 7.85. The molecule has 14 heteroatoms. The smallest absolute Gasteiger partial charge is 0.336 e. The summed E-state index contributed by atoms with van der Waals surface area (Å²) in [6, 6.07) is 14.5. The number of rotatable bonds is 9. The fourth-order valence-electron chi connectivity index (χ4n) is 3.71. The molecule has 0 aromatic heterocycles. The van der Waals surface area contributed by atoms with Crippen LogP contribution in [0.5, 0.6) is 0 Å². The average Bonchev–Trinajstić information content (AvgIpc) is 2.89. The van der Waals surface area contributed by atoms with E-state index in [2.05, 4.69) is 5.32 Å². The Hall–Kier alpha value is -3.30. The fraction of sp³-hybridized carbons (Fsp3) is 0.308. The van der Waals surface area contributed by atoms with Crippen LogP contribution in [0.1, 0.15) is 25.3 Å². The number of ether oxygens (including phenoxy) is 3. The molecule has 8 N–H and O–H groups in total. The quantitative estimate of drug-likeness (QED) is 0.213. The maximum absolute atomic E-state index is 12.9. The van der Waals surface area contributed by atoms with Gasteiger partial charge in [-0.05, 0) is 37.6 Å². The molecule has 1 aliphatic rings. The molecule has 1 aliphatic heterocycles. The van der Waals surface area contributed by atoms with Gasteiger partial charge in [0.15, 0.2) is 0 Å². The van der Waals surface area contributed by atoms with Crippen LogP contribution in [-0.4, -0.2) is 69.3 Å².